The second-order valence-corrected chi connectivity index (χ2v) is 6.45. The van der Waals surface area contributed by atoms with Crippen LogP contribution in [0.2, 0.25) is 0 Å². The van der Waals surface area contributed by atoms with E-state index in [4.69, 9.17) is 4.74 Å². The Labute approximate surface area is 146 Å². The third kappa shape index (κ3) is 3.88. The second kappa shape index (κ2) is 7.07. The average Bonchev–Trinajstić information content (AvgIpc) is 2.60. The summed E-state index contributed by atoms with van der Waals surface area (Å²) in [5.74, 6) is -1.20. The molecule has 2 unspecified atom stereocenters. The van der Waals surface area contributed by atoms with Crippen LogP contribution in [0.5, 0.6) is 0 Å². The predicted octanol–water partition coefficient (Wildman–Crippen LogP) is 3.30. The van der Waals surface area contributed by atoms with Gasteiger partial charge in [0, 0.05) is 12.1 Å². The summed E-state index contributed by atoms with van der Waals surface area (Å²) in [4.78, 5) is 25.9. The van der Waals surface area contributed by atoms with E-state index in [1.54, 1.807) is 24.0 Å². The van der Waals surface area contributed by atoms with Crippen molar-refractivity contribution in [3.8, 4) is 0 Å². The molecule has 0 aromatic heterocycles. The van der Waals surface area contributed by atoms with Gasteiger partial charge in [-0.2, -0.15) is 0 Å². The summed E-state index contributed by atoms with van der Waals surface area (Å²) >= 11 is 0. The van der Waals surface area contributed by atoms with E-state index in [0.717, 1.165) is 11.1 Å². The van der Waals surface area contributed by atoms with E-state index < -0.39 is 5.97 Å². The molecule has 1 N–H and O–H groups in total. The molecule has 0 aliphatic carbocycles. The highest BCUT2D eigenvalue weighted by molar-refractivity contribution is 5.98. The Hall–Kier alpha value is -2.66. The molecule has 1 fully saturated rings. The minimum Gasteiger partial charge on any atom is -0.478 e. The molecule has 3 rings (SSSR count). The number of amides is 1. The zero-order chi connectivity index (χ0) is 18.0. The Morgan fingerprint density at radius 1 is 1.08 bits per heavy atom. The number of nitrogens with zero attached hydrogens (tertiary/aromatic N) is 1. The molecule has 25 heavy (non-hydrogen) atoms. The fourth-order valence-corrected chi connectivity index (χ4v) is 3.18. The second-order valence-electron chi connectivity index (χ2n) is 6.45. The molecular formula is C20H21NO4. The van der Waals surface area contributed by atoms with Crippen LogP contribution in [0, 0.1) is 6.92 Å². The number of aromatic carboxylic acids is 1. The molecule has 1 saturated heterocycles. The van der Waals surface area contributed by atoms with E-state index in [0.29, 0.717) is 18.7 Å². The lowest BCUT2D eigenvalue weighted by atomic mass is 10.0. The van der Waals surface area contributed by atoms with Crippen LogP contribution >= 0.6 is 0 Å². The van der Waals surface area contributed by atoms with Gasteiger partial charge in [0.05, 0.1) is 18.2 Å². The molecule has 1 amide bonds. The third-order valence-electron chi connectivity index (χ3n) is 4.29. The lowest BCUT2D eigenvalue weighted by molar-refractivity contribution is -0.0691. The Balaban J connectivity index is 1.85. The zero-order valence-corrected chi connectivity index (χ0v) is 14.3. The molecule has 2 atom stereocenters. The molecule has 0 saturated carbocycles. The standard InChI is InChI=1S/C20H21NO4/c1-13-8-16(10-17(9-13)20(23)24)19(22)21-11-14(2)25-18(12-21)15-6-4-3-5-7-15/h3-10,14,18H,11-12H2,1-2H3,(H,23,24). The van der Waals surface area contributed by atoms with Crippen molar-refractivity contribution >= 4 is 11.9 Å². The predicted molar refractivity (Wildman–Crippen MR) is 93.8 cm³/mol. The number of ether oxygens (including phenoxy) is 1. The third-order valence-corrected chi connectivity index (χ3v) is 4.29. The minimum atomic E-state index is -1.03. The molecule has 2 aromatic carbocycles. The number of carbonyl (C=O) groups excluding carboxylic acids is 1. The smallest absolute Gasteiger partial charge is 0.335 e. The van der Waals surface area contributed by atoms with Gasteiger partial charge in [-0.25, -0.2) is 4.79 Å². The lowest BCUT2D eigenvalue weighted by Crippen LogP contribution is -2.46. The highest BCUT2D eigenvalue weighted by Crippen LogP contribution is 2.26. The number of rotatable bonds is 3. The van der Waals surface area contributed by atoms with Crippen LogP contribution in [-0.4, -0.2) is 41.1 Å². The lowest BCUT2D eigenvalue weighted by Gasteiger charge is -2.37. The van der Waals surface area contributed by atoms with E-state index in [-0.39, 0.29) is 23.7 Å². The van der Waals surface area contributed by atoms with Crippen molar-refractivity contribution in [1.82, 2.24) is 4.90 Å². The first kappa shape index (κ1) is 17.2. The van der Waals surface area contributed by atoms with Crippen LogP contribution in [-0.2, 0) is 4.74 Å². The van der Waals surface area contributed by atoms with Crippen molar-refractivity contribution in [2.24, 2.45) is 0 Å². The van der Waals surface area contributed by atoms with Gasteiger partial charge in [-0.05, 0) is 43.2 Å². The highest BCUT2D eigenvalue weighted by Gasteiger charge is 2.30. The van der Waals surface area contributed by atoms with Crippen molar-refractivity contribution in [3.63, 3.8) is 0 Å². The molecule has 130 valence electrons. The van der Waals surface area contributed by atoms with Crippen LogP contribution in [0.25, 0.3) is 0 Å². The van der Waals surface area contributed by atoms with Crippen molar-refractivity contribution < 1.29 is 19.4 Å². The average molecular weight is 339 g/mol. The summed E-state index contributed by atoms with van der Waals surface area (Å²) in [5.41, 5.74) is 2.31. The highest BCUT2D eigenvalue weighted by atomic mass is 16.5. The van der Waals surface area contributed by atoms with E-state index in [1.807, 2.05) is 37.3 Å². The molecular weight excluding hydrogens is 318 g/mol. The largest absolute Gasteiger partial charge is 0.478 e. The number of benzene rings is 2. The number of carboxylic acid groups (broad SMARTS) is 1. The van der Waals surface area contributed by atoms with E-state index in [2.05, 4.69) is 0 Å². The fourth-order valence-electron chi connectivity index (χ4n) is 3.18. The van der Waals surface area contributed by atoms with Gasteiger partial charge in [0.2, 0.25) is 0 Å². The van der Waals surface area contributed by atoms with Crippen LogP contribution in [0.15, 0.2) is 48.5 Å². The number of carbonyl (C=O) groups is 2. The molecule has 0 spiro atoms. The minimum absolute atomic E-state index is 0.0911. The fraction of sp³-hybridized carbons (Fsp3) is 0.300. The maximum atomic E-state index is 12.9. The van der Waals surface area contributed by atoms with E-state index in [9.17, 15) is 14.7 Å². The molecule has 2 aromatic rings. The van der Waals surface area contributed by atoms with Gasteiger partial charge in [-0.3, -0.25) is 4.79 Å². The first-order valence-corrected chi connectivity index (χ1v) is 8.28. The summed E-state index contributed by atoms with van der Waals surface area (Å²) in [6, 6.07) is 14.5. The first-order chi connectivity index (χ1) is 11.9. The molecule has 5 heteroatoms. The van der Waals surface area contributed by atoms with Crippen molar-refractivity contribution in [1.29, 1.82) is 0 Å². The zero-order valence-electron chi connectivity index (χ0n) is 14.3. The number of morpholine rings is 1. The summed E-state index contributed by atoms with van der Waals surface area (Å²) < 4.78 is 5.99. The quantitative estimate of drug-likeness (QED) is 0.932. The molecule has 1 aliphatic rings. The normalized spacial score (nSPS) is 20.3. The molecule has 1 heterocycles. The van der Waals surface area contributed by atoms with Crippen LogP contribution in [0.1, 0.15) is 44.9 Å². The Bertz CT molecular complexity index is 788. The summed E-state index contributed by atoms with van der Waals surface area (Å²) in [7, 11) is 0. The SMILES string of the molecule is Cc1cc(C(=O)O)cc(C(=O)N2CC(C)OC(c3ccccc3)C2)c1. The van der Waals surface area contributed by atoms with Gasteiger partial charge >= 0.3 is 5.97 Å². The van der Waals surface area contributed by atoms with Crippen molar-refractivity contribution in [3.05, 3.63) is 70.8 Å². The van der Waals surface area contributed by atoms with Crippen molar-refractivity contribution in [2.45, 2.75) is 26.1 Å². The van der Waals surface area contributed by atoms with E-state index in [1.165, 1.54) is 6.07 Å². The van der Waals surface area contributed by atoms with Gasteiger partial charge in [-0.15, -0.1) is 0 Å². The van der Waals surface area contributed by atoms with Crippen LogP contribution in [0.3, 0.4) is 0 Å². The number of carboxylic acids is 1. The van der Waals surface area contributed by atoms with Gasteiger partial charge in [0.25, 0.3) is 5.91 Å². The number of aryl methyl sites for hydroxylation is 1. The molecule has 5 nitrogen and oxygen atoms in total. The van der Waals surface area contributed by atoms with Crippen LogP contribution in [0.4, 0.5) is 0 Å². The molecule has 1 aliphatic heterocycles. The van der Waals surface area contributed by atoms with E-state index >= 15 is 0 Å². The van der Waals surface area contributed by atoms with Gasteiger partial charge in [-0.1, -0.05) is 30.3 Å². The van der Waals surface area contributed by atoms with Gasteiger partial charge in [0.1, 0.15) is 6.10 Å². The monoisotopic (exact) mass is 339 g/mol. The topological polar surface area (TPSA) is 66.8 Å². The summed E-state index contributed by atoms with van der Waals surface area (Å²) in [6.07, 6.45) is -0.274. The maximum absolute atomic E-state index is 12.9. The van der Waals surface area contributed by atoms with Crippen molar-refractivity contribution in [2.75, 3.05) is 13.1 Å². The first-order valence-electron chi connectivity index (χ1n) is 8.28. The Morgan fingerprint density at radius 2 is 1.76 bits per heavy atom. The number of hydrogen-bond acceptors (Lipinski definition) is 3. The summed E-state index contributed by atoms with van der Waals surface area (Å²) in [5, 5.41) is 9.21. The summed E-state index contributed by atoms with van der Waals surface area (Å²) in [6.45, 7) is 4.66. The molecule has 0 bridgehead atoms. The molecule has 0 radical (unpaired) electrons. The Morgan fingerprint density at radius 3 is 2.44 bits per heavy atom. The van der Waals surface area contributed by atoms with Gasteiger partial charge in [0.15, 0.2) is 0 Å². The Kier molecular flexibility index (Phi) is 4.86. The van der Waals surface area contributed by atoms with Crippen LogP contribution < -0.4 is 0 Å². The van der Waals surface area contributed by atoms with Gasteiger partial charge < -0.3 is 14.7 Å². The number of hydrogen-bond donors (Lipinski definition) is 1. The maximum Gasteiger partial charge on any atom is 0.335 e.